The van der Waals surface area contributed by atoms with Gasteiger partial charge in [0.05, 0.1) is 5.56 Å². The molecule has 0 bridgehead atoms. The monoisotopic (exact) mass is 252 g/mol. The Labute approximate surface area is 109 Å². The van der Waals surface area contributed by atoms with Crippen molar-refractivity contribution in [2.45, 2.75) is 6.92 Å². The molecule has 0 fully saturated rings. The lowest BCUT2D eigenvalue weighted by Crippen LogP contribution is -2.04. The van der Waals surface area contributed by atoms with Crippen LogP contribution in [0.15, 0.2) is 29.5 Å². The van der Waals surface area contributed by atoms with Gasteiger partial charge in [0, 0.05) is 5.69 Å². The molecule has 1 aromatic rings. The van der Waals surface area contributed by atoms with Crippen LogP contribution in [-0.4, -0.2) is 11.1 Å². The molecule has 0 aliphatic heterocycles. The molecule has 0 aliphatic rings. The topological polar surface area (TPSA) is 121 Å². The van der Waals surface area contributed by atoms with E-state index >= 15 is 0 Å². The summed E-state index contributed by atoms with van der Waals surface area (Å²) in [6, 6.07) is 9.22. The third-order valence-corrected chi connectivity index (χ3v) is 2.32. The lowest BCUT2D eigenvalue weighted by atomic mass is 10.1. The van der Waals surface area contributed by atoms with Crippen LogP contribution in [0.5, 0.6) is 0 Å². The van der Waals surface area contributed by atoms with Crippen molar-refractivity contribution in [1.82, 2.24) is 0 Å². The van der Waals surface area contributed by atoms with E-state index in [0.717, 1.165) is 0 Å². The number of aromatic carboxylic acids is 1. The number of nitrogens with one attached hydrogen (secondary N) is 1. The van der Waals surface area contributed by atoms with Gasteiger partial charge in [-0.3, -0.25) is 0 Å². The zero-order valence-electron chi connectivity index (χ0n) is 9.93. The van der Waals surface area contributed by atoms with Gasteiger partial charge in [-0.1, -0.05) is 0 Å². The fourth-order valence-corrected chi connectivity index (χ4v) is 1.35. The van der Waals surface area contributed by atoms with Gasteiger partial charge >= 0.3 is 5.97 Å². The van der Waals surface area contributed by atoms with E-state index in [9.17, 15) is 4.79 Å². The maximum Gasteiger partial charge on any atom is 0.335 e. The standard InChI is InChI=1S/C13H8N4O2/c1-8-4-9(13(18)19)2-3-11(8)17-12(7-16)10(5-14)6-15/h2-4,17H,1H3,(H,18,19). The summed E-state index contributed by atoms with van der Waals surface area (Å²) in [5.41, 5.74) is 0.666. The number of anilines is 1. The Hall–Kier alpha value is -3.30. The summed E-state index contributed by atoms with van der Waals surface area (Å²) in [6.07, 6.45) is 0. The zero-order chi connectivity index (χ0) is 14.4. The first-order chi connectivity index (χ1) is 9.03. The Morgan fingerprint density at radius 3 is 2.26 bits per heavy atom. The zero-order valence-corrected chi connectivity index (χ0v) is 9.93. The largest absolute Gasteiger partial charge is 0.478 e. The lowest BCUT2D eigenvalue weighted by molar-refractivity contribution is 0.0697. The van der Waals surface area contributed by atoms with Gasteiger partial charge in [-0.05, 0) is 30.7 Å². The number of hydrogen-bond donors (Lipinski definition) is 2. The Morgan fingerprint density at radius 2 is 1.84 bits per heavy atom. The van der Waals surface area contributed by atoms with E-state index in [1.54, 1.807) is 25.1 Å². The van der Waals surface area contributed by atoms with Crippen LogP contribution in [0.25, 0.3) is 0 Å². The Balaban J connectivity index is 3.19. The van der Waals surface area contributed by atoms with Crippen LogP contribution in [-0.2, 0) is 0 Å². The number of hydrogen-bond acceptors (Lipinski definition) is 5. The van der Waals surface area contributed by atoms with Crippen molar-refractivity contribution < 1.29 is 9.90 Å². The summed E-state index contributed by atoms with van der Waals surface area (Å²) >= 11 is 0. The number of carbonyl (C=O) groups is 1. The molecule has 2 N–H and O–H groups in total. The van der Waals surface area contributed by atoms with Crippen molar-refractivity contribution in [1.29, 1.82) is 15.8 Å². The van der Waals surface area contributed by atoms with Crippen LogP contribution in [0.2, 0.25) is 0 Å². The van der Waals surface area contributed by atoms with Gasteiger partial charge in [-0.25, -0.2) is 4.79 Å². The number of rotatable bonds is 3. The van der Waals surface area contributed by atoms with Crippen molar-refractivity contribution in [3.8, 4) is 18.2 Å². The third kappa shape index (κ3) is 3.09. The van der Waals surface area contributed by atoms with E-state index in [1.165, 1.54) is 18.2 Å². The second-order valence-electron chi connectivity index (χ2n) is 3.55. The summed E-state index contributed by atoms with van der Waals surface area (Å²) in [6.45, 7) is 1.65. The summed E-state index contributed by atoms with van der Waals surface area (Å²) < 4.78 is 0. The van der Waals surface area contributed by atoms with Gasteiger partial charge < -0.3 is 10.4 Å². The molecule has 1 aromatic carbocycles. The second kappa shape index (κ2) is 5.86. The molecular formula is C13H8N4O2. The Morgan fingerprint density at radius 1 is 1.21 bits per heavy atom. The van der Waals surface area contributed by atoms with Crippen LogP contribution < -0.4 is 5.32 Å². The molecule has 6 heteroatoms. The summed E-state index contributed by atoms with van der Waals surface area (Å²) in [7, 11) is 0. The highest BCUT2D eigenvalue weighted by Crippen LogP contribution is 2.19. The molecule has 0 radical (unpaired) electrons. The first-order valence-electron chi connectivity index (χ1n) is 5.09. The maximum absolute atomic E-state index is 10.8. The van der Waals surface area contributed by atoms with Crippen molar-refractivity contribution >= 4 is 11.7 Å². The predicted octanol–water partition coefficient (Wildman–Crippen LogP) is 1.93. The molecule has 0 heterocycles. The first-order valence-corrected chi connectivity index (χ1v) is 5.09. The van der Waals surface area contributed by atoms with Crippen molar-refractivity contribution in [3.63, 3.8) is 0 Å². The number of carboxylic acids is 1. The molecule has 92 valence electrons. The van der Waals surface area contributed by atoms with E-state index in [2.05, 4.69) is 5.32 Å². The second-order valence-corrected chi connectivity index (χ2v) is 3.55. The van der Waals surface area contributed by atoms with Crippen LogP contribution >= 0.6 is 0 Å². The average Bonchev–Trinajstić information content (AvgIpc) is 2.40. The van der Waals surface area contributed by atoms with E-state index in [1.807, 2.05) is 0 Å². The van der Waals surface area contributed by atoms with Crippen LogP contribution in [0, 0.1) is 40.9 Å². The minimum Gasteiger partial charge on any atom is -0.478 e. The quantitative estimate of drug-likeness (QED) is 0.793. The van der Waals surface area contributed by atoms with Gasteiger partial charge in [0.1, 0.15) is 23.9 Å². The fourth-order valence-electron chi connectivity index (χ4n) is 1.35. The van der Waals surface area contributed by atoms with E-state index < -0.39 is 5.97 Å². The minimum absolute atomic E-state index is 0.117. The predicted molar refractivity (Wildman–Crippen MR) is 65.6 cm³/mol. The van der Waals surface area contributed by atoms with Crippen LogP contribution in [0.3, 0.4) is 0 Å². The highest BCUT2D eigenvalue weighted by atomic mass is 16.4. The molecular weight excluding hydrogens is 244 g/mol. The molecule has 0 saturated carbocycles. The lowest BCUT2D eigenvalue weighted by Gasteiger charge is -2.08. The molecule has 0 spiro atoms. The van der Waals surface area contributed by atoms with Crippen LogP contribution in [0.1, 0.15) is 15.9 Å². The highest BCUT2D eigenvalue weighted by molar-refractivity contribution is 5.88. The maximum atomic E-state index is 10.8. The van der Waals surface area contributed by atoms with Gasteiger partial charge in [0.25, 0.3) is 0 Å². The molecule has 0 amide bonds. The summed E-state index contributed by atoms with van der Waals surface area (Å²) in [4.78, 5) is 10.8. The molecule has 1 rings (SSSR count). The van der Waals surface area contributed by atoms with Crippen molar-refractivity contribution in [2.75, 3.05) is 5.32 Å². The molecule has 19 heavy (non-hydrogen) atoms. The van der Waals surface area contributed by atoms with E-state index in [0.29, 0.717) is 11.3 Å². The smallest absolute Gasteiger partial charge is 0.335 e. The van der Waals surface area contributed by atoms with E-state index in [-0.39, 0.29) is 16.8 Å². The normalized spacial score (nSPS) is 8.53. The number of allylic oxidation sites excluding steroid dienone is 2. The average molecular weight is 252 g/mol. The number of aryl methyl sites for hydroxylation is 1. The van der Waals surface area contributed by atoms with Crippen LogP contribution in [0.4, 0.5) is 5.69 Å². The summed E-state index contributed by atoms with van der Waals surface area (Å²) in [5.74, 6) is -1.06. The third-order valence-electron chi connectivity index (χ3n) is 2.32. The molecule has 0 saturated heterocycles. The van der Waals surface area contributed by atoms with Gasteiger partial charge in [0.2, 0.25) is 0 Å². The number of carboxylic acid groups (broad SMARTS) is 1. The first kappa shape index (κ1) is 13.8. The van der Waals surface area contributed by atoms with E-state index in [4.69, 9.17) is 20.9 Å². The Kier molecular flexibility index (Phi) is 4.24. The Bertz CT molecular complexity index is 668. The number of benzene rings is 1. The van der Waals surface area contributed by atoms with Crippen molar-refractivity contribution in [3.05, 3.63) is 40.6 Å². The molecule has 0 aliphatic carbocycles. The SMILES string of the molecule is Cc1cc(C(=O)O)ccc1NC(C#N)=C(C#N)C#N. The molecule has 0 unspecified atom stereocenters. The molecule has 6 nitrogen and oxygen atoms in total. The van der Waals surface area contributed by atoms with Gasteiger partial charge in [-0.2, -0.15) is 15.8 Å². The summed E-state index contributed by atoms with van der Waals surface area (Å²) in [5, 5.41) is 37.7. The van der Waals surface area contributed by atoms with Gasteiger partial charge in [-0.15, -0.1) is 0 Å². The number of nitriles is 3. The van der Waals surface area contributed by atoms with Gasteiger partial charge in [0.15, 0.2) is 5.57 Å². The molecule has 0 atom stereocenters. The highest BCUT2D eigenvalue weighted by Gasteiger charge is 2.09. The molecule has 0 aromatic heterocycles. The number of nitrogens with zero attached hydrogens (tertiary/aromatic N) is 3. The van der Waals surface area contributed by atoms with Crippen molar-refractivity contribution in [2.24, 2.45) is 0 Å². The fraction of sp³-hybridized carbons (Fsp3) is 0.0769. The minimum atomic E-state index is -1.06.